The SMILES string of the molecule is CCCN(C(=O)COC(C)(C)C)C1CCNCC1. The van der Waals surface area contributed by atoms with Crippen molar-refractivity contribution in [2.24, 2.45) is 0 Å². The normalized spacial score (nSPS) is 17.8. The molecule has 0 atom stereocenters. The molecule has 1 aliphatic rings. The summed E-state index contributed by atoms with van der Waals surface area (Å²) in [6, 6.07) is 0.391. The fraction of sp³-hybridized carbons (Fsp3) is 0.929. The summed E-state index contributed by atoms with van der Waals surface area (Å²) >= 11 is 0. The van der Waals surface area contributed by atoms with E-state index in [1.165, 1.54) is 0 Å². The Balaban J connectivity index is 2.51. The molecule has 1 rings (SSSR count). The Morgan fingerprint density at radius 1 is 1.33 bits per heavy atom. The van der Waals surface area contributed by atoms with E-state index in [0.717, 1.165) is 38.9 Å². The molecule has 4 heteroatoms. The molecule has 18 heavy (non-hydrogen) atoms. The number of amides is 1. The lowest BCUT2D eigenvalue weighted by molar-refractivity contribution is -0.144. The van der Waals surface area contributed by atoms with E-state index in [1.54, 1.807) is 0 Å². The average molecular weight is 256 g/mol. The van der Waals surface area contributed by atoms with Gasteiger partial charge in [0.15, 0.2) is 0 Å². The molecular formula is C14H28N2O2. The van der Waals surface area contributed by atoms with Gasteiger partial charge < -0.3 is 15.0 Å². The van der Waals surface area contributed by atoms with Crippen LogP contribution in [-0.2, 0) is 9.53 Å². The number of ether oxygens (including phenoxy) is 1. The molecular weight excluding hydrogens is 228 g/mol. The molecule has 0 spiro atoms. The van der Waals surface area contributed by atoms with Crippen molar-refractivity contribution in [2.75, 3.05) is 26.2 Å². The number of nitrogens with one attached hydrogen (secondary N) is 1. The first-order valence-electron chi connectivity index (χ1n) is 7.08. The molecule has 0 aliphatic carbocycles. The predicted octanol–water partition coefficient (Wildman–Crippen LogP) is 1.79. The molecule has 106 valence electrons. The predicted molar refractivity (Wildman–Crippen MR) is 73.6 cm³/mol. The number of piperidine rings is 1. The smallest absolute Gasteiger partial charge is 0.248 e. The minimum Gasteiger partial charge on any atom is -0.366 e. The molecule has 1 aliphatic heterocycles. The van der Waals surface area contributed by atoms with Crippen LogP contribution in [0.1, 0.15) is 47.0 Å². The van der Waals surface area contributed by atoms with Crippen LogP contribution in [0.5, 0.6) is 0 Å². The summed E-state index contributed by atoms with van der Waals surface area (Å²) in [6.07, 6.45) is 3.12. The van der Waals surface area contributed by atoms with Gasteiger partial charge in [0.25, 0.3) is 0 Å². The van der Waals surface area contributed by atoms with E-state index >= 15 is 0 Å². The topological polar surface area (TPSA) is 41.6 Å². The number of carbonyl (C=O) groups is 1. The summed E-state index contributed by atoms with van der Waals surface area (Å²) < 4.78 is 5.60. The maximum absolute atomic E-state index is 12.3. The molecule has 1 heterocycles. The van der Waals surface area contributed by atoms with Crippen LogP contribution in [0.15, 0.2) is 0 Å². The molecule has 0 aromatic carbocycles. The van der Waals surface area contributed by atoms with Gasteiger partial charge in [0.1, 0.15) is 6.61 Å². The third-order valence-corrected chi connectivity index (χ3v) is 3.16. The van der Waals surface area contributed by atoms with Crippen LogP contribution in [0.25, 0.3) is 0 Å². The van der Waals surface area contributed by atoms with E-state index in [-0.39, 0.29) is 18.1 Å². The van der Waals surface area contributed by atoms with Gasteiger partial charge in [-0.3, -0.25) is 4.79 Å². The van der Waals surface area contributed by atoms with Crippen LogP contribution in [0.4, 0.5) is 0 Å². The van der Waals surface area contributed by atoms with E-state index in [9.17, 15) is 4.79 Å². The van der Waals surface area contributed by atoms with Crippen molar-refractivity contribution in [3.63, 3.8) is 0 Å². The van der Waals surface area contributed by atoms with E-state index < -0.39 is 0 Å². The lowest BCUT2D eigenvalue weighted by atomic mass is 10.0. The fourth-order valence-corrected chi connectivity index (χ4v) is 2.23. The third-order valence-electron chi connectivity index (χ3n) is 3.16. The molecule has 0 aromatic heterocycles. The Bertz CT molecular complexity index is 255. The van der Waals surface area contributed by atoms with Crippen molar-refractivity contribution in [1.29, 1.82) is 0 Å². The lowest BCUT2D eigenvalue weighted by Gasteiger charge is -2.35. The maximum Gasteiger partial charge on any atom is 0.248 e. The Kier molecular flexibility index (Phi) is 6.09. The molecule has 0 unspecified atom stereocenters. The number of nitrogens with zero attached hydrogens (tertiary/aromatic N) is 1. The fourth-order valence-electron chi connectivity index (χ4n) is 2.23. The molecule has 1 saturated heterocycles. The number of rotatable bonds is 5. The highest BCUT2D eigenvalue weighted by molar-refractivity contribution is 5.77. The summed E-state index contributed by atoms with van der Waals surface area (Å²) in [5.74, 6) is 0.138. The molecule has 0 bridgehead atoms. The Hall–Kier alpha value is -0.610. The Labute approximate surface area is 111 Å². The molecule has 1 fully saturated rings. The quantitative estimate of drug-likeness (QED) is 0.815. The van der Waals surface area contributed by atoms with Gasteiger partial charge in [-0.1, -0.05) is 6.92 Å². The van der Waals surface area contributed by atoms with Gasteiger partial charge in [-0.25, -0.2) is 0 Å². The van der Waals surface area contributed by atoms with Gasteiger partial charge in [-0.2, -0.15) is 0 Å². The average Bonchev–Trinajstić information content (AvgIpc) is 2.33. The monoisotopic (exact) mass is 256 g/mol. The standard InChI is InChI=1S/C14H28N2O2/c1-5-10-16(12-6-8-15-9-7-12)13(17)11-18-14(2,3)4/h12,15H,5-11H2,1-4H3. The zero-order valence-electron chi connectivity index (χ0n) is 12.3. The zero-order chi connectivity index (χ0) is 13.6. The summed E-state index contributed by atoms with van der Waals surface area (Å²) in [5, 5.41) is 3.34. The van der Waals surface area contributed by atoms with Gasteiger partial charge in [0, 0.05) is 12.6 Å². The molecule has 1 N–H and O–H groups in total. The first kappa shape index (κ1) is 15.4. The molecule has 0 aromatic rings. The summed E-state index contributed by atoms with van der Waals surface area (Å²) in [4.78, 5) is 14.3. The van der Waals surface area contributed by atoms with Gasteiger partial charge in [0.2, 0.25) is 5.91 Å². The summed E-state index contributed by atoms with van der Waals surface area (Å²) in [5.41, 5.74) is -0.248. The summed E-state index contributed by atoms with van der Waals surface area (Å²) in [6.45, 7) is 11.1. The van der Waals surface area contributed by atoms with Gasteiger partial charge in [-0.15, -0.1) is 0 Å². The van der Waals surface area contributed by atoms with Crippen molar-refractivity contribution in [2.45, 2.75) is 58.6 Å². The van der Waals surface area contributed by atoms with E-state index in [0.29, 0.717) is 6.04 Å². The number of carbonyl (C=O) groups excluding carboxylic acids is 1. The van der Waals surface area contributed by atoms with Crippen molar-refractivity contribution < 1.29 is 9.53 Å². The van der Waals surface area contributed by atoms with Crippen molar-refractivity contribution in [3.8, 4) is 0 Å². The minimum absolute atomic E-state index is 0.138. The first-order valence-corrected chi connectivity index (χ1v) is 7.08. The van der Waals surface area contributed by atoms with Crippen LogP contribution in [0, 0.1) is 0 Å². The summed E-state index contributed by atoms with van der Waals surface area (Å²) in [7, 11) is 0. The molecule has 0 radical (unpaired) electrons. The van der Waals surface area contributed by atoms with Crippen molar-refractivity contribution in [3.05, 3.63) is 0 Å². The second kappa shape index (κ2) is 7.10. The maximum atomic E-state index is 12.3. The van der Waals surface area contributed by atoms with Crippen LogP contribution in [-0.4, -0.2) is 48.7 Å². The van der Waals surface area contributed by atoms with Gasteiger partial charge in [-0.05, 0) is 53.1 Å². The largest absolute Gasteiger partial charge is 0.366 e. The molecule has 1 amide bonds. The molecule has 4 nitrogen and oxygen atoms in total. The van der Waals surface area contributed by atoms with Crippen LogP contribution in [0.2, 0.25) is 0 Å². The second-order valence-corrected chi connectivity index (χ2v) is 5.97. The minimum atomic E-state index is -0.248. The number of hydrogen-bond acceptors (Lipinski definition) is 3. The van der Waals surface area contributed by atoms with Crippen molar-refractivity contribution in [1.82, 2.24) is 10.2 Å². The molecule has 0 saturated carbocycles. The highest BCUT2D eigenvalue weighted by atomic mass is 16.5. The highest BCUT2D eigenvalue weighted by Gasteiger charge is 2.25. The van der Waals surface area contributed by atoms with E-state index in [4.69, 9.17) is 4.74 Å². The van der Waals surface area contributed by atoms with E-state index in [2.05, 4.69) is 12.2 Å². The Morgan fingerprint density at radius 2 is 1.94 bits per heavy atom. The second-order valence-electron chi connectivity index (χ2n) is 5.97. The van der Waals surface area contributed by atoms with Gasteiger partial charge in [0.05, 0.1) is 5.60 Å². The van der Waals surface area contributed by atoms with E-state index in [1.807, 2.05) is 25.7 Å². The van der Waals surface area contributed by atoms with Crippen LogP contribution < -0.4 is 5.32 Å². The Morgan fingerprint density at radius 3 is 2.44 bits per heavy atom. The third kappa shape index (κ3) is 5.36. The van der Waals surface area contributed by atoms with Crippen molar-refractivity contribution >= 4 is 5.91 Å². The first-order chi connectivity index (χ1) is 8.44. The van der Waals surface area contributed by atoms with Gasteiger partial charge >= 0.3 is 0 Å². The lowest BCUT2D eigenvalue weighted by Crippen LogP contribution is -2.48. The van der Waals surface area contributed by atoms with Crippen LogP contribution in [0.3, 0.4) is 0 Å². The highest BCUT2D eigenvalue weighted by Crippen LogP contribution is 2.14. The van der Waals surface area contributed by atoms with Crippen LogP contribution >= 0.6 is 0 Å². The number of hydrogen-bond donors (Lipinski definition) is 1. The zero-order valence-corrected chi connectivity index (χ0v) is 12.3.